The second kappa shape index (κ2) is 5.14. The summed E-state index contributed by atoms with van der Waals surface area (Å²) in [6.07, 6.45) is 3.54. The molecule has 64 valence electrons. The van der Waals surface area contributed by atoms with Crippen molar-refractivity contribution >= 4 is 0 Å². The molecule has 0 rings (SSSR count). The van der Waals surface area contributed by atoms with Gasteiger partial charge in [0.15, 0.2) is 0 Å². The van der Waals surface area contributed by atoms with E-state index >= 15 is 0 Å². The van der Waals surface area contributed by atoms with Crippen LogP contribution in [0.2, 0.25) is 0 Å². The van der Waals surface area contributed by atoms with Crippen LogP contribution in [-0.2, 0) is 0 Å². The van der Waals surface area contributed by atoms with Crippen LogP contribution in [0, 0.1) is 0 Å². The first-order valence-corrected chi connectivity index (χ1v) is 4.01. The van der Waals surface area contributed by atoms with E-state index in [0.717, 1.165) is 18.4 Å². The van der Waals surface area contributed by atoms with Crippen molar-refractivity contribution in [3.63, 3.8) is 0 Å². The molecule has 0 aromatic rings. The van der Waals surface area contributed by atoms with Gasteiger partial charge < -0.3 is 5.11 Å². The van der Waals surface area contributed by atoms with Gasteiger partial charge in [0.1, 0.15) is 0 Å². The number of rotatable bonds is 4. The van der Waals surface area contributed by atoms with Gasteiger partial charge in [0, 0.05) is 0 Å². The molecule has 0 aliphatic rings. The lowest BCUT2D eigenvalue weighted by Gasteiger charge is -2.07. The summed E-state index contributed by atoms with van der Waals surface area (Å²) in [4.78, 5) is 0. The average Bonchev–Trinajstić information content (AvgIpc) is 1.86. The molecule has 1 nitrogen and oxygen atoms in total. The topological polar surface area (TPSA) is 20.2 Å². The predicted molar refractivity (Wildman–Crippen MR) is 49.5 cm³/mol. The van der Waals surface area contributed by atoms with Gasteiger partial charge in [-0.15, -0.1) is 0 Å². The quantitative estimate of drug-likeness (QED) is 0.617. The maximum absolute atomic E-state index is 9.31. The van der Waals surface area contributed by atoms with Crippen LogP contribution in [0.1, 0.15) is 33.6 Å². The van der Waals surface area contributed by atoms with Gasteiger partial charge in [-0.2, -0.15) is 0 Å². The minimum atomic E-state index is -0.328. The van der Waals surface area contributed by atoms with Gasteiger partial charge in [-0.25, -0.2) is 0 Å². The maximum atomic E-state index is 9.31. The van der Waals surface area contributed by atoms with E-state index in [1.807, 2.05) is 6.92 Å². The minimum absolute atomic E-state index is 0.328. The molecule has 0 aromatic heterocycles. The fraction of sp³-hybridized carbons (Fsp3) is 0.600. The van der Waals surface area contributed by atoms with Gasteiger partial charge in [0.2, 0.25) is 0 Å². The van der Waals surface area contributed by atoms with Crippen molar-refractivity contribution in [2.24, 2.45) is 0 Å². The Hall–Kier alpha value is -0.560. The molecule has 0 saturated carbocycles. The minimum Gasteiger partial charge on any atom is -0.389 e. The second-order valence-corrected chi connectivity index (χ2v) is 3.22. The maximum Gasteiger partial charge on any atom is 0.0747 e. The number of aliphatic hydroxyl groups excluding tert-OH is 1. The molecule has 0 aliphatic carbocycles. The van der Waals surface area contributed by atoms with E-state index in [9.17, 15) is 5.11 Å². The van der Waals surface area contributed by atoms with E-state index < -0.39 is 0 Å². The molecule has 0 aliphatic heterocycles. The Labute approximate surface area is 69.4 Å². The third kappa shape index (κ3) is 5.86. The summed E-state index contributed by atoms with van der Waals surface area (Å²) in [5.74, 6) is 0. The first kappa shape index (κ1) is 10.4. The fourth-order valence-electron chi connectivity index (χ4n) is 0.776. The standard InChI is InChI=1S/C10H18O/c1-8(2)6-5-7-10(11)9(3)4/h6,10-11H,3,5,7H2,1-2,4H3. The highest BCUT2D eigenvalue weighted by atomic mass is 16.3. The van der Waals surface area contributed by atoms with Gasteiger partial charge >= 0.3 is 0 Å². The molecule has 0 radical (unpaired) electrons. The SMILES string of the molecule is C=C(C)C(O)CCC=C(C)C. The zero-order valence-electron chi connectivity index (χ0n) is 7.72. The van der Waals surface area contributed by atoms with Crippen LogP contribution in [0.25, 0.3) is 0 Å². The highest BCUT2D eigenvalue weighted by molar-refractivity contribution is 4.99. The van der Waals surface area contributed by atoms with E-state index in [0.29, 0.717) is 0 Å². The highest BCUT2D eigenvalue weighted by Gasteiger charge is 2.01. The van der Waals surface area contributed by atoms with Crippen molar-refractivity contribution in [3.05, 3.63) is 23.8 Å². The van der Waals surface area contributed by atoms with Crippen LogP contribution in [-0.4, -0.2) is 11.2 Å². The first-order chi connectivity index (χ1) is 5.04. The van der Waals surface area contributed by atoms with E-state index in [1.165, 1.54) is 5.57 Å². The van der Waals surface area contributed by atoms with E-state index in [-0.39, 0.29) is 6.10 Å². The monoisotopic (exact) mass is 154 g/mol. The molecule has 0 aromatic carbocycles. The van der Waals surface area contributed by atoms with Crippen molar-refractivity contribution in [2.45, 2.75) is 39.7 Å². The summed E-state index contributed by atoms with van der Waals surface area (Å²) in [5.41, 5.74) is 2.16. The van der Waals surface area contributed by atoms with Crippen LogP contribution in [0.5, 0.6) is 0 Å². The predicted octanol–water partition coefficient (Wildman–Crippen LogP) is 2.67. The largest absolute Gasteiger partial charge is 0.389 e. The molecular formula is C10H18O. The fourth-order valence-corrected chi connectivity index (χ4v) is 0.776. The first-order valence-electron chi connectivity index (χ1n) is 4.01. The summed E-state index contributed by atoms with van der Waals surface area (Å²) < 4.78 is 0. The summed E-state index contributed by atoms with van der Waals surface area (Å²) in [5, 5.41) is 9.31. The van der Waals surface area contributed by atoms with E-state index in [4.69, 9.17) is 0 Å². The highest BCUT2D eigenvalue weighted by Crippen LogP contribution is 2.07. The lowest BCUT2D eigenvalue weighted by molar-refractivity contribution is 0.202. The summed E-state index contributed by atoms with van der Waals surface area (Å²) in [6, 6.07) is 0. The Kier molecular flexibility index (Phi) is 4.88. The van der Waals surface area contributed by atoms with Crippen molar-refractivity contribution in [1.82, 2.24) is 0 Å². The number of hydrogen-bond donors (Lipinski definition) is 1. The van der Waals surface area contributed by atoms with Gasteiger partial charge in [0.05, 0.1) is 6.10 Å². The summed E-state index contributed by atoms with van der Waals surface area (Å²) in [7, 11) is 0. The zero-order valence-corrected chi connectivity index (χ0v) is 7.72. The number of allylic oxidation sites excluding steroid dienone is 2. The van der Waals surface area contributed by atoms with Crippen molar-refractivity contribution in [1.29, 1.82) is 0 Å². The van der Waals surface area contributed by atoms with Crippen molar-refractivity contribution < 1.29 is 5.11 Å². The Balaban J connectivity index is 3.55. The molecule has 0 fully saturated rings. The molecule has 1 unspecified atom stereocenters. The van der Waals surface area contributed by atoms with Crippen LogP contribution >= 0.6 is 0 Å². The van der Waals surface area contributed by atoms with Gasteiger partial charge in [-0.1, -0.05) is 23.8 Å². The van der Waals surface area contributed by atoms with Gasteiger partial charge in [0.25, 0.3) is 0 Å². The van der Waals surface area contributed by atoms with Crippen LogP contribution in [0.15, 0.2) is 23.8 Å². The van der Waals surface area contributed by atoms with E-state index in [1.54, 1.807) is 0 Å². The Bertz CT molecular complexity index is 152. The molecule has 0 saturated heterocycles. The Morgan fingerprint density at radius 3 is 2.36 bits per heavy atom. The van der Waals surface area contributed by atoms with Crippen LogP contribution in [0.3, 0.4) is 0 Å². The van der Waals surface area contributed by atoms with Crippen molar-refractivity contribution in [2.75, 3.05) is 0 Å². The van der Waals surface area contributed by atoms with Crippen LogP contribution in [0.4, 0.5) is 0 Å². The van der Waals surface area contributed by atoms with E-state index in [2.05, 4.69) is 26.5 Å². The molecular weight excluding hydrogens is 136 g/mol. The molecule has 0 bridgehead atoms. The lowest BCUT2D eigenvalue weighted by atomic mass is 10.1. The van der Waals surface area contributed by atoms with Gasteiger partial charge in [-0.05, 0) is 33.6 Å². The second-order valence-electron chi connectivity index (χ2n) is 3.22. The van der Waals surface area contributed by atoms with Crippen molar-refractivity contribution in [3.8, 4) is 0 Å². The third-order valence-corrected chi connectivity index (χ3v) is 1.56. The van der Waals surface area contributed by atoms with Crippen LogP contribution < -0.4 is 0 Å². The lowest BCUT2D eigenvalue weighted by Crippen LogP contribution is -2.05. The zero-order chi connectivity index (χ0) is 8.85. The smallest absolute Gasteiger partial charge is 0.0747 e. The molecule has 1 atom stereocenters. The summed E-state index contributed by atoms with van der Waals surface area (Å²) >= 11 is 0. The third-order valence-electron chi connectivity index (χ3n) is 1.56. The average molecular weight is 154 g/mol. The molecule has 1 N–H and O–H groups in total. The number of aliphatic hydroxyl groups is 1. The molecule has 0 amide bonds. The Morgan fingerprint density at radius 1 is 1.45 bits per heavy atom. The molecule has 0 spiro atoms. The molecule has 1 heteroatoms. The molecule has 11 heavy (non-hydrogen) atoms. The summed E-state index contributed by atoms with van der Waals surface area (Å²) in [6.45, 7) is 9.66. The molecule has 0 heterocycles. The Morgan fingerprint density at radius 2 is 2.00 bits per heavy atom. The van der Waals surface area contributed by atoms with Gasteiger partial charge in [-0.3, -0.25) is 0 Å². The normalized spacial score (nSPS) is 12.4. The number of hydrogen-bond acceptors (Lipinski definition) is 1.